The van der Waals surface area contributed by atoms with Crippen LogP contribution < -0.4 is 0 Å². The van der Waals surface area contributed by atoms with Gasteiger partial charge in [0.1, 0.15) is 0 Å². The molecule has 1 N–H and O–H groups in total. The van der Waals surface area contributed by atoms with Gasteiger partial charge in [-0.25, -0.2) is 0 Å². The number of aromatic amines is 1. The Hall–Kier alpha value is -1.04. The van der Waals surface area contributed by atoms with Crippen LogP contribution in [0.4, 0.5) is 0 Å². The second kappa shape index (κ2) is 5.39. The molecule has 0 radical (unpaired) electrons. The predicted octanol–water partition coefficient (Wildman–Crippen LogP) is 5.31. The maximum atomic E-state index is 12.7. The van der Waals surface area contributed by atoms with Crippen molar-refractivity contribution in [3.63, 3.8) is 0 Å². The van der Waals surface area contributed by atoms with Gasteiger partial charge in [0.2, 0.25) is 0 Å². The lowest BCUT2D eigenvalue weighted by Crippen LogP contribution is -2.03. The highest BCUT2D eigenvalue weighted by atomic mass is 127. The summed E-state index contributed by atoms with van der Waals surface area (Å²) < 4.78 is 0.869. The zero-order valence-electron chi connectivity index (χ0n) is 10.1. The molecule has 0 atom stereocenters. The van der Waals surface area contributed by atoms with Crippen LogP contribution >= 0.6 is 45.8 Å². The van der Waals surface area contributed by atoms with E-state index >= 15 is 0 Å². The maximum absolute atomic E-state index is 12.7. The first kappa shape index (κ1) is 13.9. The number of carbonyl (C=O) groups excluding carboxylic acids is 1. The summed E-state index contributed by atoms with van der Waals surface area (Å²) in [6.07, 6.45) is 1.69. The molecule has 0 bridgehead atoms. The molecule has 0 saturated carbocycles. The molecule has 2 aromatic carbocycles. The van der Waals surface area contributed by atoms with Gasteiger partial charge >= 0.3 is 0 Å². The van der Waals surface area contributed by atoms with Crippen LogP contribution in [0.2, 0.25) is 10.0 Å². The minimum atomic E-state index is -0.0644. The number of nitrogens with one attached hydrogen (secondary N) is 1. The van der Waals surface area contributed by atoms with E-state index in [2.05, 4.69) is 27.6 Å². The predicted molar refractivity (Wildman–Crippen MR) is 90.9 cm³/mol. The third kappa shape index (κ3) is 2.34. The quantitative estimate of drug-likeness (QED) is 0.446. The summed E-state index contributed by atoms with van der Waals surface area (Å²) in [5.74, 6) is -0.0644. The Bertz CT molecular complexity index is 826. The fourth-order valence-electron chi connectivity index (χ4n) is 2.12. The number of carbonyl (C=O) groups is 1. The fraction of sp³-hybridized carbons (Fsp3) is 0. The van der Waals surface area contributed by atoms with Gasteiger partial charge < -0.3 is 4.98 Å². The molecular formula is C15H8Cl2INO. The van der Waals surface area contributed by atoms with Gasteiger partial charge in [0.15, 0.2) is 5.78 Å². The molecule has 3 aromatic rings. The fourth-order valence-corrected chi connectivity index (χ4v) is 3.10. The number of fused-ring (bicyclic) bond motifs is 1. The Morgan fingerprint density at radius 2 is 1.90 bits per heavy atom. The van der Waals surface area contributed by atoms with E-state index in [4.69, 9.17) is 23.2 Å². The van der Waals surface area contributed by atoms with Gasteiger partial charge in [-0.15, -0.1) is 0 Å². The van der Waals surface area contributed by atoms with E-state index in [0.717, 1.165) is 14.5 Å². The molecule has 1 aromatic heterocycles. The number of ketones is 1. The van der Waals surface area contributed by atoms with Crippen molar-refractivity contribution in [2.45, 2.75) is 0 Å². The summed E-state index contributed by atoms with van der Waals surface area (Å²) in [5.41, 5.74) is 1.97. The molecule has 100 valence electrons. The highest BCUT2D eigenvalue weighted by Crippen LogP contribution is 2.28. The van der Waals surface area contributed by atoms with Gasteiger partial charge in [0.25, 0.3) is 0 Å². The number of H-pyrrole nitrogens is 1. The standard InChI is InChI=1S/C15H8Cl2INO/c16-8-4-5-13(18)10(6-8)15(20)11-7-19-14-9(11)2-1-3-12(14)17/h1-7,19H. The van der Waals surface area contributed by atoms with Crippen LogP contribution in [0, 0.1) is 3.57 Å². The highest BCUT2D eigenvalue weighted by molar-refractivity contribution is 14.1. The normalized spacial score (nSPS) is 10.9. The molecule has 0 saturated heterocycles. The second-order valence-corrected chi connectivity index (χ2v) is 6.32. The Morgan fingerprint density at radius 1 is 1.10 bits per heavy atom. The van der Waals surface area contributed by atoms with Gasteiger partial charge in [-0.1, -0.05) is 35.3 Å². The molecule has 0 amide bonds. The number of halogens is 3. The van der Waals surface area contributed by atoms with E-state index in [9.17, 15) is 4.79 Å². The van der Waals surface area contributed by atoms with Gasteiger partial charge in [0.05, 0.1) is 10.5 Å². The number of hydrogen-bond donors (Lipinski definition) is 1. The van der Waals surface area contributed by atoms with Crippen LogP contribution in [0.5, 0.6) is 0 Å². The number of hydrogen-bond acceptors (Lipinski definition) is 1. The molecule has 0 aliphatic carbocycles. The van der Waals surface area contributed by atoms with Crippen molar-refractivity contribution in [3.05, 3.63) is 67.3 Å². The van der Waals surface area contributed by atoms with Crippen LogP contribution in [-0.2, 0) is 0 Å². The molecule has 2 nitrogen and oxygen atoms in total. The highest BCUT2D eigenvalue weighted by Gasteiger charge is 2.17. The van der Waals surface area contributed by atoms with E-state index in [1.54, 1.807) is 24.4 Å². The molecule has 1 heterocycles. The minimum Gasteiger partial charge on any atom is -0.359 e. The third-order valence-electron chi connectivity index (χ3n) is 3.08. The van der Waals surface area contributed by atoms with Crippen molar-refractivity contribution in [1.29, 1.82) is 0 Å². The number of aromatic nitrogens is 1. The topological polar surface area (TPSA) is 32.9 Å². The minimum absolute atomic E-state index is 0.0644. The number of benzene rings is 2. The largest absolute Gasteiger partial charge is 0.359 e. The van der Waals surface area contributed by atoms with E-state index < -0.39 is 0 Å². The molecule has 0 unspecified atom stereocenters. The molecule has 0 aliphatic heterocycles. The molecule has 5 heteroatoms. The van der Waals surface area contributed by atoms with Crippen molar-refractivity contribution in [2.75, 3.05) is 0 Å². The van der Waals surface area contributed by atoms with Gasteiger partial charge in [-0.2, -0.15) is 0 Å². The zero-order valence-corrected chi connectivity index (χ0v) is 13.8. The van der Waals surface area contributed by atoms with Crippen molar-refractivity contribution in [3.8, 4) is 0 Å². The first-order chi connectivity index (χ1) is 9.58. The average Bonchev–Trinajstić information content (AvgIpc) is 2.86. The Labute approximate surface area is 139 Å². The second-order valence-electron chi connectivity index (χ2n) is 4.32. The van der Waals surface area contributed by atoms with Crippen molar-refractivity contribution in [2.24, 2.45) is 0 Å². The van der Waals surface area contributed by atoms with Crippen LogP contribution in [0.1, 0.15) is 15.9 Å². The van der Waals surface area contributed by atoms with Gasteiger partial charge in [-0.05, 0) is 46.9 Å². The summed E-state index contributed by atoms with van der Waals surface area (Å²) in [7, 11) is 0. The zero-order chi connectivity index (χ0) is 14.3. The summed E-state index contributed by atoms with van der Waals surface area (Å²) in [4.78, 5) is 15.7. The summed E-state index contributed by atoms with van der Waals surface area (Å²) >= 11 is 14.2. The molecular weight excluding hydrogens is 408 g/mol. The Balaban J connectivity index is 2.18. The van der Waals surface area contributed by atoms with Gasteiger partial charge in [-0.3, -0.25) is 4.79 Å². The molecule has 0 fully saturated rings. The van der Waals surface area contributed by atoms with E-state index in [1.807, 2.05) is 18.2 Å². The maximum Gasteiger partial charge on any atom is 0.196 e. The summed E-state index contributed by atoms with van der Waals surface area (Å²) in [6, 6.07) is 10.8. The van der Waals surface area contributed by atoms with E-state index in [1.165, 1.54) is 0 Å². The lowest BCUT2D eigenvalue weighted by molar-refractivity contribution is 0.103. The monoisotopic (exact) mass is 415 g/mol. The Kier molecular flexibility index (Phi) is 3.75. The van der Waals surface area contributed by atoms with Crippen molar-refractivity contribution < 1.29 is 4.79 Å². The van der Waals surface area contributed by atoms with Gasteiger partial charge in [0, 0.05) is 31.3 Å². The lowest BCUT2D eigenvalue weighted by atomic mass is 10.0. The Morgan fingerprint density at radius 3 is 2.70 bits per heavy atom. The van der Waals surface area contributed by atoms with Crippen LogP contribution in [0.3, 0.4) is 0 Å². The molecule has 0 aliphatic rings. The van der Waals surface area contributed by atoms with E-state index in [0.29, 0.717) is 21.2 Å². The lowest BCUT2D eigenvalue weighted by Gasteiger charge is -2.04. The summed E-state index contributed by atoms with van der Waals surface area (Å²) in [5, 5.41) is 1.97. The molecule has 0 spiro atoms. The van der Waals surface area contributed by atoms with Crippen molar-refractivity contribution >= 4 is 62.5 Å². The van der Waals surface area contributed by atoms with Crippen LogP contribution in [0.15, 0.2) is 42.6 Å². The molecule has 20 heavy (non-hydrogen) atoms. The van der Waals surface area contributed by atoms with E-state index in [-0.39, 0.29) is 5.78 Å². The first-order valence-electron chi connectivity index (χ1n) is 5.83. The number of rotatable bonds is 2. The third-order valence-corrected chi connectivity index (χ3v) is 4.57. The SMILES string of the molecule is O=C(c1cc(Cl)ccc1I)c1c[nH]c2c(Cl)cccc12. The smallest absolute Gasteiger partial charge is 0.196 e. The van der Waals surface area contributed by atoms with Crippen LogP contribution in [0.25, 0.3) is 10.9 Å². The van der Waals surface area contributed by atoms with Crippen LogP contribution in [-0.4, -0.2) is 10.8 Å². The average molecular weight is 416 g/mol. The van der Waals surface area contributed by atoms with Crippen molar-refractivity contribution in [1.82, 2.24) is 4.98 Å². The number of para-hydroxylation sites is 1. The summed E-state index contributed by atoms with van der Waals surface area (Å²) in [6.45, 7) is 0. The first-order valence-corrected chi connectivity index (χ1v) is 7.67. The molecule has 3 rings (SSSR count).